The third-order valence-electron chi connectivity index (χ3n) is 14.9. The van der Waals surface area contributed by atoms with Gasteiger partial charge in [0.1, 0.15) is 35.1 Å². The fourth-order valence-corrected chi connectivity index (χ4v) is 11.6. The van der Waals surface area contributed by atoms with Gasteiger partial charge in [-0.3, -0.25) is 9.69 Å². The van der Waals surface area contributed by atoms with E-state index in [1.54, 1.807) is 67.2 Å². The summed E-state index contributed by atoms with van der Waals surface area (Å²) >= 11 is 1.57. The number of rotatable bonds is 12. The average Bonchev–Trinajstić information content (AvgIpc) is 3.28. The lowest BCUT2D eigenvalue weighted by Crippen LogP contribution is -2.68. The zero-order valence-electron chi connectivity index (χ0n) is 43.0. The highest BCUT2D eigenvalue weighted by Crippen LogP contribution is 2.45. The molecule has 6 N–H and O–H groups in total. The van der Waals surface area contributed by atoms with Crippen LogP contribution in [0.5, 0.6) is 0 Å². The summed E-state index contributed by atoms with van der Waals surface area (Å²) in [6.07, 6.45) is -13.9. The maximum absolute atomic E-state index is 14.5. The Morgan fingerprint density at radius 1 is 0.957 bits per heavy atom. The third-order valence-corrected chi connectivity index (χ3v) is 16.2. The number of aliphatic hydroxyl groups is 5. The van der Waals surface area contributed by atoms with Crippen LogP contribution in [-0.4, -0.2) is 171 Å². The van der Waals surface area contributed by atoms with Crippen LogP contribution < -0.4 is 10.2 Å². The minimum absolute atomic E-state index is 0.0218. The van der Waals surface area contributed by atoms with Crippen molar-refractivity contribution in [2.75, 3.05) is 44.2 Å². The molecule has 16 nitrogen and oxygen atoms in total. The van der Waals surface area contributed by atoms with E-state index in [2.05, 4.69) is 5.32 Å². The number of esters is 1. The second-order valence-corrected chi connectivity index (χ2v) is 21.7. The van der Waals surface area contributed by atoms with Gasteiger partial charge >= 0.3 is 18.2 Å². The molecule has 0 aromatic heterocycles. The van der Waals surface area contributed by atoms with Crippen LogP contribution in [-0.2, 0) is 39.4 Å². The Labute approximate surface area is 411 Å². The Morgan fingerprint density at radius 3 is 2.14 bits per heavy atom. The molecule has 2 amide bonds. The largest absolute Gasteiger partial charge is 0.459 e. The van der Waals surface area contributed by atoms with Crippen molar-refractivity contribution < 1.29 is 76.7 Å². The minimum Gasteiger partial charge on any atom is -0.459 e. The Morgan fingerprint density at radius 2 is 1.58 bits per heavy atom. The molecule has 3 heterocycles. The number of ether oxygens (including phenoxy) is 6. The van der Waals surface area contributed by atoms with E-state index in [1.165, 1.54) is 50.1 Å². The molecule has 0 saturated carbocycles. The zero-order valence-corrected chi connectivity index (χ0v) is 43.8. The molecule has 3 aliphatic heterocycles. The number of nitrogens with one attached hydrogen (secondary N) is 1. The van der Waals surface area contributed by atoms with Gasteiger partial charge in [-0.1, -0.05) is 27.7 Å². The Balaban J connectivity index is 1.78. The lowest BCUT2D eigenvalue weighted by Gasteiger charge is -2.53. The van der Waals surface area contributed by atoms with Crippen LogP contribution in [0.4, 0.5) is 23.7 Å². The van der Waals surface area contributed by atoms with Crippen LogP contribution >= 0.6 is 11.8 Å². The second-order valence-electron chi connectivity index (χ2n) is 20.6. The van der Waals surface area contributed by atoms with E-state index in [0.717, 1.165) is 24.3 Å². The van der Waals surface area contributed by atoms with E-state index < -0.39 is 125 Å². The van der Waals surface area contributed by atoms with E-state index in [-0.39, 0.29) is 43.8 Å². The Bertz CT molecular complexity index is 1820. The van der Waals surface area contributed by atoms with Gasteiger partial charge in [0.25, 0.3) is 0 Å². The van der Waals surface area contributed by atoms with Gasteiger partial charge in [-0.2, -0.15) is 24.9 Å². The predicted molar refractivity (Wildman–Crippen MR) is 255 cm³/mol. The van der Waals surface area contributed by atoms with Gasteiger partial charge in [0.2, 0.25) is 0 Å². The molecule has 18 atom stereocenters. The molecule has 3 saturated heterocycles. The van der Waals surface area contributed by atoms with Crippen LogP contribution in [0.3, 0.4) is 0 Å². The molecule has 4 rings (SSSR count). The first-order valence-corrected chi connectivity index (χ1v) is 25.5. The van der Waals surface area contributed by atoms with Gasteiger partial charge < -0.3 is 64.2 Å². The third kappa shape index (κ3) is 13.4. The number of carbonyl (C=O) groups excluding carboxylic acids is 2. The van der Waals surface area contributed by atoms with E-state index in [9.17, 15) is 48.3 Å². The van der Waals surface area contributed by atoms with Crippen LogP contribution in [0.25, 0.3) is 0 Å². The Hall–Kier alpha value is -2.34. The summed E-state index contributed by atoms with van der Waals surface area (Å²) < 4.78 is 78.5. The number of hydrogen-bond donors (Lipinski definition) is 6. The molecule has 398 valence electrons. The lowest BCUT2D eigenvalue weighted by atomic mass is 9.76. The molecule has 3 fully saturated rings. The first-order chi connectivity index (χ1) is 31.9. The molecule has 20 heteroatoms. The fourth-order valence-electron chi connectivity index (χ4n) is 10.3. The quantitative estimate of drug-likeness (QED) is 0.109. The SMILES string of the molecule is CCCSC[C@]1(O)[C@H](C)O[C@@H](O[C@H]2[C@H](C)[C@@H](O[C@@H]3O[C@H](C)C[C@H](N(C)C(=O)N(C)c4ccc(C(F)(F)F)cc4)[C@H]3O)[C@](C)(O)C[C@@H](C)CN[C@H](C)[C@@H](O)[C@](C)(O)[C@@H](CC)OC(=O)[C@@H]2C)C[C@@]1(C)OC. The highest BCUT2D eigenvalue weighted by molar-refractivity contribution is 7.99. The van der Waals surface area contributed by atoms with Crippen LogP contribution in [0.15, 0.2) is 24.3 Å². The van der Waals surface area contributed by atoms with Crippen molar-refractivity contribution in [3.63, 3.8) is 0 Å². The van der Waals surface area contributed by atoms with Crippen molar-refractivity contribution in [3.05, 3.63) is 29.8 Å². The number of alkyl halides is 3. The van der Waals surface area contributed by atoms with Gasteiger partial charge in [-0.05, 0) is 117 Å². The number of hydrogen-bond acceptors (Lipinski definition) is 15. The molecule has 0 unspecified atom stereocenters. The summed E-state index contributed by atoms with van der Waals surface area (Å²) in [7, 11) is 4.37. The summed E-state index contributed by atoms with van der Waals surface area (Å²) in [6, 6.07) is 1.86. The minimum atomic E-state index is -4.57. The normalized spacial score (nSPS) is 41.1. The Kier molecular flexibility index (Phi) is 20.3. The number of amides is 2. The van der Waals surface area contributed by atoms with Gasteiger partial charge in [-0.15, -0.1) is 0 Å². The summed E-state index contributed by atoms with van der Waals surface area (Å²) in [5, 5.41) is 63.6. The van der Waals surface area contributed by atoms with Crippen molar-refractivity contribution in [2.45, 2.75) is 204 Å². The number of thioether (sulfide) groups is 1. The summed E-state index contributed by atoms with van der Waals surface area (Å²) in [5.74, 6) is -2.10. The zero-order chi connectivity index (χ0) is 52.2. The topological polar surface area (TPSA) is 209 Å². The molecule has 0 bridgehead atoms. The van der Waals surface area contributed by atoms with Crippen LogP contribution in [0, 0.1) is 17.8 Å². The van der Waals surface area contributed by atoms with Crippen LogP contribution in [0.2, 0.25) is 0 Å². The molecule has 3 aliphatic rings. The number of halogens is 3. The van der Waals surface area contributed by atoms with Crippen molar-refractivity contribution >= 4 is 29.4 Å². The summed E-state index contributed by atoms with van der Waals surface area (Å²) in [5.41, 5.74) is -7.00. The highest BCUT2D eigenvalue weighted by atomic mass is 32.2. The average molecular weight is 1010 g/mol. The summed E-state index contributed by atoms with van der Waals surface area (Å²) in [4.78, 5) is 30.9. The first kappa shape index (κ1) is 59.2. The maximum atomic E-state index is 14.5. The van der Waals surface area contributed by atoms with E-state index in [4.69, 9.17) is 28.4 Å². The van der Waals surface area contributed by atoms with Gasteiger partial charge in [0.05, 0.1) is 47.5 Å². The van der Waals surface area contributed by atoms with Gasteiger partial charge in [-0.25, -0.2) is 4.79 Å². The molecule has 0 radical (unpaired) electrons. The number of carbonyl (C=O) groups is 2. The van der Waals surface area contributed by atoms with Gasteiger partial charge in [0, 0.05) is 51.0 Å². The number of urea groups is 1. The fraction of sp³-hybridized carbons (Fsp3) is 0.837. The number of nitrogens with zero attached hydrogens (tertiary/aromatic N) is 2. The van der Waals surface area contributed by atoms with Crippen molar-refractivity contribution in [1.82, 2.24) is 10.2 Å². The van der Waals surface area contributed by atoms with Crippen LogP contribution in [0.1, 0.15) is 114 Å². The highest BCUT2D eigenvalue weighted by Gasteiger charge is 2.58. The molecule has 1 aromatic rings. The number of likely N-dealkylation sites (N-methyl/N-ethyl adjacent to an activating group) is 1. The van der Waals surface area contributed by atoms with Crippen molar-refractivity contribution in [1.29, 1.82) is 0 Å². The molecule has 0 aliphatic carbocycles. The lowest BCUT2D eigenvalue weighted by molar-refractivity contribution is -0.333. The predicted octanol–water partition coefficient (Wildman–Crippen LogP) is 5.72. The van der Waals surface area contributed by atoms with E-state index in [1.807, 2.05) is 13.8 Å². The standard InChI is InChI=1S/C49H82F3N3O13S/c1-15-21-69-26-48(62)32(8)65-37(24-46(48,10)63-14)67-39-29(5)41(45(9,60)23-27(3)25-53-31(7)40(57)47(11,61)36(16-2)66-42(58)30(39)6)68-43-38(56)35(22-28(4)64-43)55(13)44(59)54(12)34-19-17-33(18-20-34)49(50,51)52/h17-20,27-32,35-41,43,53,56-57,60-62H,15-16,21-26H2,1-14H3/t27-,28-,29+,30-,31-,32+,35+,36-,37+,38-,39+,40-,41-,43+,45-,46-,47-,48+/m1/s1. The molecule has 1 aromatic carbocycles. The number of aliphatic hydroxyl groups excluding tert-OH is 2. The molecule has 0 spiro atoms. The smallest absolute Gasteiger partial charge is 0.416 e. The molecular weight excluding hydrogens is 928 g/mol. The number of methoxy groups -OCH3 is 1. The maximum Gasteiger partial charge on any atom is 0.416 e. The van der Waals surface area contributed by atoms with Crippen molar-refractivity contribution in [3.8, 4) is 0 Å². The monoisotopic (exact) mass is 1010 g/mol. The molecule has 69 heavy (non-hydrogen) atoms. The van der Waals surface area contributed by atoms with Gasteiger partial charge in [0.15, 0.2) is 12.6 Å². The van der Waals surface area contributed by atoms with E-state index >= 15 is 0 Å². The number of cyclic esters (lactones) is 1. The molecular formula is C49H82F3N3O13S. The number of benzene rings is 1. The van der Waals surface area contributed by atoms with Crippen molar-refractivity contribution in [2.24, 2.45) is 17.8 Å². The number of anilines is 1. The summed E-state index contributed by atoms with van der Waals surface area (Å²) in [6.45, 7) is 19.1. The second kappa shape index (κ2) is 23.7. The van der Waals surface area contributed by atoms with E-state index in [0.29, 0.717) is 5.75 Å². The first-order valence-electron chi connectivity index (χ1n) is 24.3.